The van der Waals surface area contributed by atoms with Gasteiger partial charge in [-0.2, -0.15) is 0 Å². The van der Waals surface area contributed by atoms with E-state index < -0.39 is 17.7 Å². The molecule has 2 rings (SSSR count). The quantitative estimate of drug-likeness (QED) is 0.621. The van der Waals surface area contributed by atoms with Gasteiger partial charge in [-0.05, 0) is 26.3 Å². The lowest BCUT2D eigenvalue weighted by molar-refractivity contribution is -0.525. The summed E-state index contributed by atoms with van der Waals surface area (Å²) in [6.07, 6.45) is 2.70. The smallest absolute Gasteiger partial charge is 0.414 e. The SMILES string of the molecule is CC(C)(C)OC(=O)N1C=C[C@H](c2ccccc2)[C@@H]([N+](=O)[O-])C1. The molecule has 2 atom stereocenters. The van der Waals surface area contributed by atoms with Crippen molar-refractivity contribution >= 4 is 6.09 Å². The summed E-state index contributed by atoms with van der Waals surface area (Å²) in [6.45, 7) is 5.28. The number of rotatable bonds is 2. The van der Waals surface area contributed by atoms with Crippen LogP contribution in [0.1, 0.15) is 32.3 Å². The van der Waals surface area contributed by atoms with Crippen molar-refractivity contribution in [2.45, 2.75) is 38.3 Å². The Hall–Kier alpha value is -2.37. The Morgan fingerprint density at radius 2 is 1.95 bits per heavy atom. The van der Waals surface area contributed by atoms with Crippen molar-refractivity contribution in [3.05, 3.63) is 58.3 Å². The molecule has 0 aromatic heterocycles. The molecule has 0 saturated heterocycles. The third kappa shape index (κ3) is 3.84. The van der Waals surface area contributed by atoms with E-state index in [0.29, 0.717) is 0 Å². The number of hydrogen-bond donors (Lipinski definition) is 0. The van der Waals surface area contributed by atoms with Gasteiger partial charge >= 0.3 is 6.09 Å². The van der Waals surface area contributed by atoms with Crippen LogP contribution in [0.4, 0.5) is 4.79 Å². The molecule has 0 N–H and O–H groups in total. The minimum absolute atomic E-state index is 0.00201. The molecular weight excluding hydrogens is 284 g/mol. The Bertz CT molecular complexity index is 578. The molecule has 0 saturated carbocycles. The maximum atomic E-state index is 12.1. The first-order chi connectivity index (χ1) is 10.3. The number of nitro groups is 1. The molecule has 1 heterocycles. The monoisotopic (exact) mass is 304 g/mol. The number of benzene rings is 1. The van der Waals surface area contributed by atoms with Crippen LogP contribution in [-0.2, 0) is 4.74 Å². The van der Waals surface area contributed by atoms with E-state index in [1.165, 1.54) is 4.90 Å². The molecule has 118 valence electrons. The summed E-state index contributed by atoms with van der Waals surface area (Å²) in [7, 11) is 0. The largest absolute Gasteiger partial charge is 0.443 e. The number of amides is 1. The lowest BCUT2D eigenvalue weighted by Crippen LogP contribution is -2.45. The maximum absolute atomic E-state index is 12.1. The van der Waals surface area contributed by atoms with Gasteiger partial charge in [0.1, 0.15) is 5.60 Å². The predicted molar refractivity (Wildman–Crippen MR) is 82.0 cm³/mol. The van der Waals surface area contributed by atoms with Crippen LogP contribution in [0, 0.1) is 10.1 Å². The molecule has 0 bridgehead atoms. The lowest BCUT2D eigenvalue weighted by Gasteiger charge is -2.30. The van der Waals surface area contributed by atoms with Gasteiger partial charge in [0, 0.05) is 11.1 Å². The van der Waals surface area contributed by atoms with Gasteiger partial charge < -0.3 is 4.74 Å². The van der Waals surface area contributed by atoms with Gasteiger partial charge in [0.2, 0.25) is 6.04 Å². The van der Waals surface area contributed by atoms with E-state index >= 15 is 0 Å². The van der Waals surface area contributed by atoms with Gasteiger partial charge in [0.15, 0.2) is 0 Å². The average Bonchev–Trinajstić information content (AvgIpc) is 2.45. The van der Waals surface area contributed by atoms with E-state index in [1.54, 1.807) is 33.0 Å². The number of carbonyl (C=O) groups is 1. The van der Waals surface area contributed by atoms with E-state index in [9.17, 15) is 14.9 Å². The lowest BCUT2D eigenvalue weighted by atomic mass is 9.89. The van der Waals surface area contributed by atoms with Gasteiger partial charge in [-0.3, -0.25) is 15.0 Å². The highest BCUT2D eigenvalue weighted by Crippen LogP contribution is 2.28. The maximum Gasteiger partial charge on any atom is 0.414 e. The summed E-state index contributed by atoms with van der Waals surface area (Å²) in [5.41, 5.74) is 0.231. The van der Waals surface area contributed by atoms with Crippen LogP contribution in [-0.4, -0.2) is 34.1 Å². The fourth-order valence-corrected chi connectivity index (χ4v) is 2.36. The van der Waals surface area contributed by atoms with Crippen LogP contribution < -0.4 is 0 Å². The van der Waals surface area contributed by atoms with Crippen LogP contribution in [0.5, 0.6) is 0 Å². The van der Waals surface area contributed by atoms with Crippen molar-refractivity contribution in [3.63, 3.8) is 0 Å². The highest BCUT2D eigenvalue weighted by molar-refractivity contribution is 5.69. The topological polar surface area (TPSA) is 72.7 Å². The molecule has 22 heavy (non-hydrogen) atoms. The van der Waals surface area contributed by atoms with Crippen molar-refractivity contribution in [2.75, 3.05) is 6.54 Å². The molecule has 0 unspecified atom stereocenters. The number of nitrogens with zero attached hydrogens (tertiary/aromatic N) is 2. The van der Waals surface area contributed by atoms with Crippen molar-refractivity contribution in [1.29, 1.82) is 0 Å². The molecule has 0 fully saturated rings. The third-order valence-electron chi connectivity index (χ3n) is 3.35. The van der Waals surface area contributed by atoms with Crippen molar-refractivity contribution in [2.24, 2.45) is 0 Å². The Morgan fingerprint density at radius 1 is 1.32 bits per heavy atom. The summed E-state index contributed by atoms with van der Waals surface area (Å²) < 4.78 is 5.26. The van der Waals surface area contributed by atoms with Gasteiger partial charge in [-0.25, -0.2) is 4.79 Å². The number of hydrogen-bond acceptors (Lipinski definition) is 4. The zero-order valence-electron chi connectivity index (χ0n) is 12.9. The number of ether oxygens (including phenoxy) is 1. The Labute approximate surface area is 129 Å². The highest BCUT2D eigenvalue weighted by Gasteiger charge is 2.38. The first-order valence-electron chi connectivity index (χ1n) is 7.14. The summed E-state index contributed by atoms with van der Waals surface area (Å²) in [4.78, 5) is 24.4. The van der Waals surface area contributed by atoms with E-state index in [-0.39, 0.29) is 17.4 Å². The standard InChI is InChI=1S/C16H20N2O4/c1-16(2,3)22-15(19)17-10-9-13(14(11-17)18(20)21)12-7-5-4-6-8-12/h4-10,13-14H,11H2,1-3H3/t13-,14+/m1/s1. The van der Waals surface area contributed by atoms with E-state index in [0.717, 1.165) is 5.56 Å². The molecule has 1 amide bonds. The van der Waals surface area contributed by atoms with Crippen molar-refractivity contribution < 1.29 is 14.5 Å². The Morgan fingerprint density at radius 3 is 2.50 bits per heavy atom. The molecule has 1 aliphatic rings. The molecule has 0 radical (unpaired) electrons. The van der Waals surface area contributed by atoms with Crippen LogP contribution in [0.2, 0.25) is 0 Å². The average molecular weight is 304 g/mol. The normalized spacial score (nSPS) is 21.5. The van der Waals surface area contributed by atoms with Crippen LogP contribution in [0.25, 0.3) is 0 Å². The minimum Gasteiger partial charge on any atom is -0.443 e. The molecule has 0 aliphatic carbocycles. The fraction of sp³-hybridized carbons (Fsp3) is 0.438. The fourth-order valence-electron chi connectivity index (χ4n) is 2.36. The minimum atomic E-state index is -0.889. The second-order valence-electron chi connectivity index (χ2n) is 6.26. The van der Waals surface area contributed by atoms with Crippen molar-refractivity contribution in [3.8, 4) is 0 Å². The highest BCUT2D eigenvalue weighted by atomic mass is 16.6. The summed E-state index contributed by atoms with van der Waals surface area (Å²) in [5, 5.41) is 11.4. The van der Waals surface area contributed by atoms with Crippen molar-refractivity contribution in [1.82, 2.24) is 4.90 Å². The van der Waals surface area contributed by atoms with Gasteiger partial charge in [-0.1, -0.05) is 36.4 Å². The van der Waals surface area contributed by atoms with Crippen LogP contribution in [0.15, 0.2) is 42.6 Å². The second-order valence-corrected chi connectivity index (χ2v) is 6.26. The van der Waals surface area contributed by atoms with E-state index in [1.807, 2.05) is 30.3 Å². The van der Waals surface area contributed by atoms with E-state index in [2.05, 4.69) is 0 Å². The summed E-state index contributed by atoms with van der Waals surface area (Å²) in [5.74, 6) is -0.352. The number of carbonyl (C=O) groups excluding carboxylic acids is 1. The van der Waals surface area contributed by atoms with Crippen LogP contribution in [0.3, 0.4) is 0 Å². The van der Waals surface area contributed by atoms with Crippen LogP contribution >= 0.6 is 0 Å². The predicted octanol–water partition coefficient (Wildman–Crippen LogP) is 3.18. The molecular formula is C16H20N2O4. The Balaban J connectivity index is 2.21. The molecule has 1 aromatic rings. The van der Waals surface area contributed by atoms with E-state index in [4.69, 9.17) is 4.74 Å². The van der Waals surface area contributed by atoms with Gasteiger partial charge in [-0.15, -0.1) is 0 Å². The second kappa shape index (κ2) is 6.17. The molecule has 1 aromatic carbocycles. The van der Waals surface area contributed by atoms with Gasteiger partial charge in [0.05, 0.1) is 12.5 Å². The molecule has 6 heteroatoms. The van der Waals surface area contributed by atoms with Gasteiger partial charge in [0.25, 0.3) is 0 Å². The summed E-state index contributed by atoms with van der Waals surface area (Å²) >= 11 is 0. The zero-order chi connectivity index (χ0) is 16.3. The molecule has 1 aliphatic heterocycles. The molecule has 0 spiro atoms. The Kier molecular flexibility index (Phi) is 4.49. The first-order valence-corrected chi connectivity index (χ1v) is 7.14. The summed E-state index contributed by atoms with van der Waals surface area (Å²) in [6, 6.07) is 8.38. The third-order valence-corrected chi connectivity index (χ3v) is 3.35. The molecule has 6 nitrogen and oxygen atoms in total. The first kappa shape index (κ1) is 16.0. The zero-order valence-corrected chi connectivity index (χ0v) is 12.9.